The predicted molar refractivity (Wildman–Crippen MR) is 132 cm³/mol. The number of aromatic nitrogens is 2. The fraction of sp³-hybridized carbons (Fsp3) is 0.200. The van der Waals surface area contributed by atoms with E-state index in [1.807, 2.05) is 60.5 Å². The fourth-order valence-electron chi connectivity index (χ4n) is 3.16. The molecular weight excluding hydrogens is 452 g/mol. The summed E-state index contributed by atoms with van der Waals surface area (Å²) in [6.45, 7) is 3.16. The van der Waals surface area contributed by atoms with Gasteiger partial charge in [0.25, 0.3) is 11.1 Å². The van der Waals surface area contributed by atoms with Crippen LogP contribution in [0, 0.1) is 0 Å². The van der Waals surface area contributed by atoms with E-state index < -0.39 is 0 Å². The lowest BCUT2D eigenvalue weighted by Crippen LogP contribution is -2.24. The average Bonchev–Trinajstić information content (AvgIpc) is 3.17. The second kappa shape index (κ2) is 10.8. The summed E-state index contributed by atoms with van der Waals surface area (Å²) in [7, 11) is 1.92. The van der Waals surface area contributed by atoms with Gasteiger partial charge >= 0.3 is 0 Å². The fourth-order valence-corrected chi connectivity index (χ4v) is 3.84. The van der Waals surface area contributed by atoms with Crippen molar-refractivity contribution in [2.75, 3.05) is 25.1 Å². The molecule has 0 aliphatic carbocycles. The lowest BCUT2D eigenvalue weighted by Gasteiger charge is -2.18. The Morgan fingerprint density at radius 2 is 1.76 bits per heavy atom. The zero-order chi connectivity index (χ0) is 23.9. The molecule has 1 saturated heterocycles. The van der Waals surface area contributed by atoms with Crippen LogP contribution in [0.15, 0.2) is 65.8 Å². The minimum atomic E-state index is -0.369. The summed E-state index contributed by atoms with van der Waals surface area (Å²) >= 11 is 0.896. The van der Waals surface area contributed by atoms with Crippen molar-refractivity contribution in [1.29, 1.82) is 0 Å². The molecule has 8 nitrogen and oxygen atoms in total. The molecule has 34 heavy (non-hydrogen) atoms. The monoisotopic (exact) mass is 476 g/mol. The van der Waals surface area contributed by atoms with Gasteiger partial charge in [0.15, 0.2) is 0 Å². The van der Waals surface area contributed by atoms with Crippen LogP contribution in [0.4, 0.5) is 10.6 Å². The number of nitrogens with zero attached hydrogens (tertiary/aromatic N) is 3. The SMILES string of the molecule is CCc1ccc(Oc2cc(N(C)CCOc3ccc(/C=C4\SC(=O)NC4=O)cc3)ncn2)cc1. The Morgan fingerprint density at radius 3 is 2.44 bits per heavy atom. The number of amides is 2. The zero-order valence-electron chi connectivity index (χ0n) is 18.9. The third-order valence-electron chi connectivity index (χ3n) is 5.09. The van der Waals surface area contributed by atoms with E-state index >= 15 is 0 Å². The van der Waals surface area contributed by atoms with Gasteiger partial charge in [-0.3, -0.25) is 14.9 Å². The first-order valence-electron chi connectivity index (χ1n) is 10.8. The highest BCUT2D eigenvalue weighted by atomic mass is 32.2. The van der Waals surface area contributed by atoms with Crippen LogP contribution in [0.2, 0.25) is 0 Å². The summed E-state index contributed by atoms with van der Waals surface area (Å²) in [6, 6.07) is 17.1. The topological polar surface area (TPSA) is 93.7 Å². The molecule has 1 aliphatic heterocycles. The van der Waals surface area contributed by atoms with Gasteiger partial charge in [-0.25, -0.2) is 9.97 Å². The van der Waals surface area contributed by atoms with Gasteiger partial charge in [0, 0.05) is 13.1 Å². The van der Waals surface area contributed by atoms with Gasteiger partial charge in [-0.2, -0.15) is 0 Å². The van der Waals surface area contributed by atoms with Gasteiger partial charge in [0.05, 0.1) is 11.4 Å². The van der Waals surface area contributed by atoms with Crippen molar-refractivity contribution >= 4 is 34.8 Å². The van der Waals surface area contributed by atoms with Crippen molar-refractivity contribution in [1.82, 2.24) is 15.3 Å². The number of carbonyl (C=O) groups excluding carboxylic acids is 2. The molecule has 3 aromatic rings. The number of thioether (sulfide) groups is 1. The molecule has 1 fully saturated rings. The Balaban J connectivity index is 1.28. The Kier molecular flexibility index (Phi) is 7.44. The average molecular weight is 477 g/mol. The van der Waals surface area contributed by atoms with Crippen LogP contribution >= 0.6 is 11.8 Å². The Bertz CT molecular complexity index is 1200. The number of aryl methyl sites for hydroxylation is 1. The van der Waals surface area contributed by atoms with Gasteiger partial charge in [0.2, 0.25) is 5.88 Å². The maximum Gasteiger partial charge on any atom is 0.290 e. The van der Waals surface area contributed by atoms with E-state index in [4.69, 9.17) is 9.47 Å². The smallest absolute Gasteiger partial charge is 0.290 e. The number of hydrogen-bond donors (Lipinski definition) is 1. The number of ether oxygens (including phenoxy) is 2. The van der Waals surface area contributed by atoms with Crippen molar-refractivity contribution in [3.63, 3.8) is 0 Å². The zero-order valence-corrected chi connectivity index (χ0v) is 19.7. The van der Waals surface area contributed by atoms with E-state index in [2.05, 4.69) is 22.2 Å². The summed E-state index contributed by atoms with van der Waals surface area (Å²) in [4.78, 5) is 33.8. The summed E-state index contributed by atoms with van der Waals surface area (Å²) in [5.41, 5.74) is 2.06. The minimum Gasteiger partial charge on any atom is -0.492 e. The molecule has 1 N–H and O–H groups in total. The molecule has 1 aliphatic rings. The maximum absolute atomic E-state index is 11.6. The van der Waals surface area contributed by atoms with Crippen LogP contribution in [0.5, 0.6) is 17.4 Å². The molecule has 0 radical (unpaired) electrons. The van der Waals surface area contributed by atoms with E-state index in [9.17, 15) is 9.59 Å². The molecule has 2 amide bonds. The first-order valence-corrected chi connectivity index (χ1v) is 11.6. The normalized spacial score (nSPS) is 14.2. The summed E-state index contributed by atoms with van der Waals surface area (Å²) in [5, 5.41) is 1.89. The van der Waals surface area contributed by atoms with Gasteiger partial charge in [-0.15, -0.1) is 0 Å². The summed E-state index contributed by atoms with van der Waals surface area (Å²) in [6.07, 6.45) is 4.13. The van der Waals surface area contributed by atoms with Crippen LogP contribution < -0.4 is 19.7 Å². The number of imide groups is 1. The molecule has 174 valence electrons. The Morgan fingerprint density at radius 1 is 1.03 bits per heavy atom. The first kappa shape index (κ1) is 23.3. The highest BCUT2D eigenvalue weighted by molar-refractivity contribution is 8.18. The van der Waals surface area contributed by atoms with E-state index in [1.54, 1.807) is 12.1 Å². The number of likely N-dealkylation sites (N-methyl/N-ethyl adjacent to an activating group) is 1. The molecule has 0 spiro atoms. The molecule has 2 aromatic carbocycles. The van der Waals surface area contributed by atoms with Crippen molar-refractivity contribution < 1.29 is 19.1 Å². The van der Waals surface area contributed by atoms with E-state index in [1.165, 1.54) is 11.9 Å². The number of carbonyl (C=O) groups is 2. The molecule has 1 aromatic heterocycles. The molecule has 9 heteroatoms. The second-order valence-corrected chi connectivity index (χ2v) is 8.52. The van der Waals surface area contributed by atoms with Crippen molar-refractivity contribution in [3.05, 3.63) is 77.0 Å². The van der Waals surface area contributed by atoms with Gasteiger partial charge in [-0.1, -0.05) is 31.2 Å². The summed E-state index contributed by atoms with van der Waals surface area (Å²) < 4.78 is 11.7. The summed E-state index contributed by atoms with van der Waals surface area (Å²) in [5.74, 6) is 2.26. The molecule has 0 unspecified atom stereocenters. The Labute approximate surface area is 202 Å². The van der Waals surface area contributed by atoms with Gasteiger partial charge in [0.1, 0.15) is 30.3 Å². The van der Waals surface area contributed by atoms with Crippen LogP contribution in [0.1, 0.15) is 18.1 Å². The number of rotatable bonds is 9. The highest BCUT2D eigenvalue weighted by Crippen LogP contribution is 2.26. The second-order valence-electron chi connectivity index (χ2n) is 7.51. The minimum absolute atomic E-state index is 0.353. The molecule has 0 atom stereocenters. The number of nitrogens with one attached hydrogen (secondary N) is 1. The molecule has 0 saturated carbocycles. The van der Waals surface area contributed by atoms with Crippen LogP contribution in [0.25, 0.3) is 6.08 Å². The van der Waals surface area contributed by atoms with E-state index in [0.29, 0.717) is 29.7 Å². The van der Waals surface area contributed by atoms with E-state index in [0.717, 1.165) is 35.3 Å². The first-order chi connectivity index (χ1) is 16.5. The molecule has 0 bridgehead atoms. The van der Waals surface area contributed by atoms with Crippen molar-refractivity contribution in [3.8, 4) is 17.4 Å². The third kappa shape index (κ3) is 6.14. The van der Waals surface area contributed by atoms with Crippen LogP contribution in [0.3, 0.4) is 0 Å². The third-order valence-corrected chi connectivity index (χ3v) is 5.90. The number of anilines is 1. The number of benzene rings is 2. The van der Waals surface area contributed by atoms with E-state index in [-0.39, 0.29) is 11.1 Å². The predicted octanol–water partition coefficient (Wildman–Crippen LogP) is 4.67. The molecule has 2 heterocycles. The standard InChI is InChI=1S/C25H24N4O4S/c1-3-17-4-10-20(11-5-17)33-23-15-22(26-16-27-23)29(2)12-13-32-19-8-6-18(7-9-19)14-21-24(30)28-25(31)34-21/h4-11,14-16H,3,12-13H2,1-2H3,(H,28,30,31)/b21-14-. The highest BCUT2D eigenvalue weighted by Gasteiger charge is 2.24. The van der Waals surface area contributed by atoms with Gasteiger partial charge in [-0.05, 0) is 59.7 Å². The lowest BCUT2D eigenvalue weighted by atomic mass is 10.2. The van der Waals surface area contributed by atoms with Crippen molar-refractivity contribution in [2.45, 2.75) is 13.3 Å². The molecular formula is C25H24N4O4S. The van der Waals surface area contributed by atoms with Crippen molar-refractivity contribution in [2.24, 2.45) is 0 Å². The number of hydrogen-bond acceptors (Lipinski definition) is 8. The Hall–Kier alpha value is -3.85. The maximum atomic E-state index is 11.6. The largest absolute Gasteiger partial charge is 0.492 e. The van der Waals surface area contributed by atoms with Crippen LogP contribution in [-0.4, -0.2) is 41.3 Å². The quantitative estimate of drug-likeness (QED) is 0.445. The van der Waals surface area contributed by atoms with Crippen LogP contribution in [-0.2, 0) is 11.2 Å². The lowest BCUT2D eigenvalue weighted by molar-refractivity contribution is -0.115. The molecule has 4 rings (SSSR count). The van der Waals surface area contributed by atoms with Gasteiger partial charge < -0.3 is 14.4 Å².